The maximum atomic E-state index is 11.9. The topological polar surface area (TPSA) is 29.5 Å². The van der Waals surface area contributed by atoms with E-state index < -0.39 is 5.60 Å². The van der Waals surface area contributed by atoms with Gasteiger partial charge < -0.3 is 9.64 Å². The highest BCUT2D eigenvalue weighted by atomic mass is 35.5. The zero-order valence-electron chi connectivity index (χ0n) is 11.4. The van der Waals surface area contributed by atoms with Crippen molar-refractivity contribution in [2.24, 2.45) is 0 Å². The fraction of sp³-hybridized carbons (Fsp3) is 0.500. The molecule has 0 aliphatic carbocycles. The molecule has 18 heavy (non-hydrogen) atoms. The molecule has 0 aliphatic heterocycles. The number of benzene rings is 1. The van der Waals surface area contributed by atoms with Crippen molar-refractivity contribution < 1.29 is 9.53 Å². The van der Waals surface area contributed by atoms with E-state index in [1.807, 2.05) is 52.0 Å². The summed E-state index contributed by atoms with van der Waals surface area (Å²) in [6.45, 7) is 8.66. The number of nitrogens with zero attached hydrogens (tertiary/aromatic N) is 1. The second kappa shape index (κ2) is 6.10. The van der Waals surface area contributed by atoms with E-state index in [4.69, 9.17) is 16.3 Å². The molecular weight excluding hydrogens is 250 g/mol. The molecule has 100 valence electrons. The van der Waals surface area contributed by atoms with Gasteiger partial charge >= 0.3 is 6.09 Å². The molecule has 1 amide bonds. The molecular formula is C14H20ClNO2. The molecule has 0 aliphatic rings. The first-order chi connectivity index (χ1) is 8.31. The number of carbonyl (C=O) groups excluding carboxylic acids is 1. The lowest BCUT2D eigenvalue weighted by Crippen LogP contribution is -2.36. The molecule has 4 heteroatoms. The van der Waals surface area contributed by atoms with E-state index in [9.17, 15) is 4.79 Å². The third-order valence-electron chi connectivity index (χ3n) is 2.32. The van der Waals surface area contributed by atoms with Gasteiger partial charge in [0.1, 0.15) is 5.60 Å². The number of hydrogen-bond donors (Lipinski definition) is 0. The first kappa shape index (κ1) is 14.8. The molecule has 0 fully saturated rings. The van der Waals surface area contributed by atoms with Gasteiger partial charge in [0.15, 0.2) is 0 Å². The Morgan fingerprint density at radius 1 is 1.28 bits per heavy atom. The van der Waals surface area contributed by atoms with Gasteiger partial charge in [0.05, 0.1) is 0 Å². The number of amides is 1. The maximum Gasteiger partial charge on any atom is 0.410 e. The van der Waals surface area contributed by atoms with Crippen molar-refractivity contribution in [3.63, 3.8) is 0 Å². The van der Waals surface area contributed by atoms with E-state index in [0.717, 1.165) is 5.56 Å². The summed E-state index contributed by atoms with van der Waals surface area (Å²) >= 11 is 5.83. The minimum Gasteiger partial charge on any atom is -0.444 e. The SMILES string of the molecule is CCN(Cc1ccc(Cl)cc1)C(=O)OC(C)(C)C. The highest BCUT2D eigenvalue weighted by Gasteiger charge is 2.21. The number of carbonyl (C=O) groups is 1. The summed E-state index contributed by atoms with van der Waals surface area (Å²) in [4.78, 5) is 13.6. The van der Waals surface area contributed by atoms with Gasteiger partial charge in [0.25, 0.3) is 0 Å². The van der Waals surface area contributed by atoms with E-state index in [1.54, 1.807) is 4.90 Å². The van der Waals surface area contributed by atoms with E-state index in [1.165, 1.54) is 0 Å². The molecule has 0 aromatic heterocycles. The lowest BCUT2D eigenvalue weighted by atomic mass is 10.2. The summed E-state index contributed by atoms with van der Waals surface area (Å²) in [6, 6.07) is 7.46. The summed E-state index contributed by atoms with van der Waals surface area (Å²) in [5.74, 6) is 0. The minimum absolute atomic E-state index is 0.292. The third kappa shape index (κ3) is 4.96. The Balaban J connectivity index is 2.67. The molecule has 0 bridgehead atoms. The van der Waals surface area contributed by atoms with Crippen LogP contribution in [0.5, 0.6) is 0 Å². The third-order valence-corrected chi connectivity index (χ3v) is 2.57. The average molecular weight is 270 g/mol. The van der Waals surface area contributed by atoms with Crippen molar-refractivity contribution >= 4 is 17.7 Å². The van der Waals surface area contributed by atoms with Gasteiger partial charge in [-0.3, -0.25) is 0 Å². The van der Waals surface area contributed by atoms with E-state index >= 15 is 0 Å². The molecule has 0 saturated carbocycles. The number of hydrogen-bond acceptors (Lipinski definition) is 2. The largest absolute Gasteiger partial charge is 0.444 e. The Labute approximate surface area is 114 Å². The van der Waals surface area contributed by atoms with E-state index in [2.05, 4.69) is 0 Å². The lowest BCUT2D eigenvalue weighted by molar-refractivity contribution is 0.0244. The van der Waals surface area contributed by atoms with Crippen LogP contribution in [0.3, 0.4) is 0 Å². The Morgan fingerprint density at radius 3 is 2.28 bits per heavy atom. The van der Waals surface area contributed by atoms with Crippen LogP contribution in [0.15, 0.2) is 24.3 Å². The van der Waals surface area contributed by atoms with Crippen LogP contribution in [0.2, 0.25) is 5.02 Å². The summed E-state index contributed by atoms with van der Waals surface area (Å²) < 4.78 is 5.35. The minimum atomic E-state index is -0.468. The highest BCUT2D eigenvalue weighted by molar-refractivity contribution is 6.30. The van der Waals surface area contributed by atoms with Gasteiger partial charge in [-0.1, -0.05) is 23.7 Å². The quantitative estimate of drug-likeness (QED) is 0.827. The van der Waals surface area contributed by atoms with E-state index in [-0.39, 0.29) is 6.09 Å². The summed E-state index contributed by atoms with van der Waals surface area (Å²) in [6.07, 6.45) is -0.292. The van der Waals surface area contributed by atoms with Crippen LogP contribution in [0.1, 0.15) is 33.3 Å². The van der Waals surface area contributed by atoms with Crippen molar-refractivity contribution in [2.45, 2.75) is 39.8 Å². The van der Waals surface area contributed by atoms with Crippen molar-refractivity contribution in [2.75, 3.05) is 6.54 Å². The second-order valence-electron chi connectivity index (χ2n) is 5.12. The number of ether oxygens (including phenoxy) is 1. The van der Waals surface area contributed by atoms with Crippen molar-refractivity contribution in [1.82, 2.24) is 4.90 Å². The molecule has 0 heterocycles. The average Bonchev–Trinajstić information content (AvgIpc) is 2.25. The molecule has 0 spiro atoms. The van der Waals surface area contributed by atoms with Crippen LogP contribution in [0.4, 0.5) is 4.79 Å². The van der Waals surface area contributed by atoms with Crippen LogP contribution >= 0.6 is 11.6 Å². The molecule has 0 saturated heterocycles. The van der Waals surface area contributed by atoms with Crippen LogP contribution in [0.25, 0.3) is 0 Å². The lowest BCUT2D eigenvalue weighted by Gasteiger charge is -2.26. The maximum absolute atomic E-state index is 11.9. The first-order valence-electron chi connectivity index (χ1n) is 6.04. The zero-order chi connectivity index (χ0) is 13.8. The summed E-state index contributed by atoms with van der Waals surface area (Å²) in [5, 5.41) is 0.694. The number of rotatable bonds is 3. The predicted molar refractivity (Wildman–Crippen MR) is 73.8 cm³/mol. The number of halogens is 1. The van der Waals surface area contributed by atoms with Crippen molar-refractivity contribution in [3.05, 3.63) is 34.9 Å². The van der Waals surface area contributed by atoms with Crippen LogP contribution in [-0.2, 0) is 11.3 Å². The molecule has 1 aromatic carbocycles. The Bertz CT molecular complexity index is 395. The normalized spacial score (nSPS) is 11.2. The molecule has 3 nitrogen and oxygen atoms in total. The molecule has 0 N–H and O–H groups in total. The van der Waals surface area contributed by atoms with Crippen LogP contribution < -0.4 is 0 Å². The van der Waals surface area contributed by atoms with Crippen molar-refractivity contribution in [1.29, 1.82) is 0 Å². The highest BCUT2D eigenvalue weighted by Crippen LogP contribution is 2.14. The molecule has 0 atom stereocenters. The zero-order valence-corrected chi connectivity index (χ0v) is 12.1. The van der Waals surface area contributed by atoms with Gasteiger partial charge in [0, 0.05) is 18.1 Å². The van der Waals surface area contributed by atoms with Crippen LogP contribution in [-0.4, -0.2) is 23.1 Å². The monoisotopic (exact) mass is 269 g/mol. The smallest absolute Gasteiger partial charge is 0.410 e. The molecule has 0 radical (unpaired) electrons. The standard InChI is InChI=1S/C14H20ClNO2/c1-5-16(13(17)18-14(2,3)4)10-11-6-8-12(15)9-7-11/h6-9H,5,10H2,1-4H3. The van der Waals surface area contributed by atoms with Gasteiger partial charge in [-0.05, 0) is 45.4 Å². The van der Waals surface area contributed by atoms with E-state index in [0.29, 0.717) is 18.1 Å². The predicted octanol–water partition coefficient (Wildman–Crippen LogP) is 4.10. The Kier molecular flexibility index (Phi) is 5.03. The molecule has 1 rings (SSSR count). The van der Waals surface area contributed by atoms with Crippen molar-refractivity contribution in [3.8, 4) is 0 Å². The van der Waals surface area contributed by atoms with Gasteiger partial charge in [-0.15, -0.1) is 0 Å². The Hall–Kier alpha value is -1.22. The fourth-order valence-electron chi connectivity index (χ4n) is 1.44. The first-order valence-corrected chi connectivity index (χ1v) is 6.42. The molecule has 0 unspecified atom stereocenters. The van der Waals surface area contributed by atoms with Gasteiger partial charge in [0.2, 0.25) is 0 Å². The summed E-state index contributed by atoms with van der Waals surface area (Å²) in [5.41, 5.74) is 0.567. The second-order valence-corrected chi connectivity index (χ2v) is 5.56. The fourth-order valence-corrected chi connectivity index (χ4v) is 1.57. The van der Waals surface area contributed by atoms with Crippen LogP contribution in [0, 0.1) is 0 Å². The summed E-state index contributed by atoms with van der Waals surface area (Å²) in [7, 11) is 0. The van der Waals surface area contributed by atoms with Gasteiger partial charge in [-0.25, -0.2) is 4.79 Å². The molecule has 1 aromatic rings. The Morgan fingerprint density at radius 2 is 1.83 bits per heavy atom. The van der Waals surface area contributed by atoms with Gasteiger partial charge in [-0.2, -0.15) is 0 Å².